The van der Waals surface area contributed by atoms with Gasteiger partial charge in [0, 0.05) is 11.3 Å². The molecule has 0 fully saturated rings. The van der Waals surface area contributed by atoms with Crippen molar-refractivity contribution < 1.29 is 27.2 Å². The van der Waals surface area contributed by atoms with Crippen LogP contribution in [0.1, 0.15) is 22.8 Å². The van der Waals surface area contributed by atoms with Gasteiger partial charge in [-0.05, 0) is 48.9 Å². The number of rotatable bonds is 4. The summed E-state index contributed by atoms with van der Waals surface area (Å²) in [7, 11) is 0. The van der Waals surface area contributed by atoms with E-state index in [-0.39, 0.29) is 11.3 Å². The van der Waals surface area contributed by atoms with Gasteiger partial charge in [0.1, 0.15) is 5.82 Å². The van der Waals surface area contributed by atoms with E-state index in [1.807, 2.05) is 0 Å². The average molecular weight is 367 g/mol. The van der Waals surface area contributed by atoms with E-state index in [0.717, 1.165) is 12.1 Å². The van der Waals surface area contributed by atoms with Crippen LogP contribution in [0.4, 0.5) is 23.2 Å². The first-order valence-corrected chi connectivity index (χ1v) is 7.25. The van der Waals surface area contributed by atoms with Crippen molar-refractivity contribution in [3.63, 3.8) is 0 Å². The van der Waals surface area contributed by atoms with Gasteiger partial charge in [-0.15, -0.1) is 0 Å². The average Bonchev–Trinajstić information content (AvgIpc) is 2.59. The Bertz CT molecular complexity index is 846. The fourth-order valence-electron chi connectivity index (χ4n) is 1.89. The maximum absolute atomic E-state index is 12.8. The zero-order valence-corrected chi connectivity index (χ0v) is 13.4. The van der Waals surface area contributed by atoms with Crippen molar-refractivity contribution in [2.24, 2.45) is 5.10 Å². The van der Waals surface area contributed by atoms with Crippen LogP contribution in [-0.4, -0.2) is 23.7 Å². The molecule has 0 radical (unpaired) electrons. The fraction of sp³-hybridized carbons (Fsp3) is 0.118. The Kier molecular flexibility index (Phi) is 5.71. The molecule has 136 valence electrons. The third-order valence-electron chi connectivity index (χ3n) is 3.23. The summed E-state index contributed by atoms with van der Waals surface area (Å²) < 4.78 is 49.7. The molecule has 0 saturated carbocycles. The largest absolute Gasteiger partial charge is 0.471 e. The SMILES string of the molecule is C/C(=N/NC(=O)c1ccc(F)cc1)c1cccc(NC(=O)C(F)(F)F)c1. The maximum Gasteiger partial charge on any atom is 0.471 e. The van der Waals surface area contributed by atoms with Crippen LogP contribution < -0.4 is 10.7 Å². The minimum Gasteiger partial charge on any atom is -0.318 e. The number of hydrogen-bond donors (Lipinski definition) is 2. The molecule has 2 aromatic carbocycles. The van der Waals surface area contributed by atoms with Crippen molar-refractivity contribution in [3.8, 4) is 0 Å². The molecule has 5 nitrogen and oxygen atoms in total. The van der Waals surface area contributed by atoms with E-state index >= 15 is 0 Å². The van der Waals surface area contributed by atoms with E-state index in [2.05, 4.69) is 10.5 Å². The normalized spacial score (nSPS) is 11.8. The van der Waals surface area contributed by atoms with Gasteiger partial charge in [-0.1, -0.05) is 12.1 Å². The molecule has 2 amide bonds. The molecule has 0 saturated heterocycles. The van der Waals surface area contributed by atoms with Gasteiger partial charge in [0.05, 0.1) is 5.71 Å². The van der Waals surface area contributed by atoms with E-state index in [0.29, 0.717) is 11.3 Å². The summed E-state index contributed by atoms with van der Waals surface area (Å²) in [6.07, 6.45) is -5.00. The molecule has 0 atom stereocenters. The number of hydrogen-bond acceptors (Lipinski definition) is 3. The molecule has 0 heterocycles. The summed E-state index contributed by atoms with van der Waals surface area (Å²) in [6, 6.07) is 10.4. The van der Waals surface area contributed by atoms with Crippen molar-refractivity contribution in [2.75, 3.05) is 5.32 Å². The van der Waals surface area contributed by atoms with Crippen LogP contribution in [-0.2, 0) is 4.79 Å². The Morgan fingerprint density at radius 2 is 1.65 bits per heavy atom. The number of anilines is 1. The molecule has 0 unspecified atom stereocenters. The first-order chi connectivity index (χ1) is 12.2. The van der Waals surface area contributed by atoms with Gasteiger partial charge in [0.2, 0.25) is 0 Å². The Labute approximate surface area is 145 Å². The number of halogens is 4. The first-order valence-electron chi connectivity index (χ1n) is 7.25. The van der Waals surface area contributed by atoms with Gasteiger partial charge in [-0.25, -0.2) is 9.82 Å². The standard InChI is InChI=1S/C17H13F4N3O2/c1-10(23-24-15(25)11-5-7-13(18)8-6-11)12-3-2-4-14(9-12)22-16(26)17(19,20)21/h2-9H,1H3,(H,22,26)(H,24,25)/b23-10-. The van der Waals surface area contributed by atoms with Crippen LogP contribution in [0.3, 0.4) is 0 Å². The van der Waals surface area contributed by atoms with Crippen LogP contribution in [0.25, 0.3) is 0 Å². The number of benzene rings is 2. The summed E-state index contributed by atoms with van der Waals surface area (Å²) in [4.78, 5) is 22.9. The zero-order valence-electron chi connectivity index (χ0n) is 13.4. The van der Waals surface area contributed by atoms with E-state index in [1.54, 1.807) is 11.4 Å². The van der Waals surface area contributed by atoms with Crippen molar-refractivity contribution in [1.82, 2.24) is 5.43 Å². The molecular formula is C17H13F4N3O2. The van der Waals surface area contributed by atoms with Gasteiger partial charge in [0.25, 0.3) is 5.91 Å². The Balaban J connectivity index is 2.09. The zero-order chi connectivity index (χ0) is 19.3. The van der Waals surface area contributed by atoms with Crippen LogP contribution in [0, 0.1) is 5.82 Å². The van der Waals surface area contributed by atoms with E-state index in [9.17, 15) is 27.2 Å². The minimum absolute atomic E-state index is 0.0655. The van der Waals surface area contributed by atoms with Crippen molar-refractivity contribution >= 4 is 23.2 Å². The second kappa shape index (κ2) is 7.77. The second-order valence-electron chi connectivity index (χ2n) is 5.18. The fourth-order valence-corrected chi connectivity index (χ4v) is 1.89. The minimum atomic E-state index is -5.00. The molecule has 0 aliphatic rings. The Morgan fingerprint density at radius 1 is 1.00 bits per heavy atom. The molecule has 0 spiro atoms. The van der Waals surface area contributed by atoms with Crippen LogP contribution in [0.5, 0.6) is 0 Å². The topological polar surface area (TPSA) is 70.6 Å². The summed E-state index contributed by atoms with van der Waals surface area (Å²) in [5.41, 5.74) is 3.07. The third kappa shape index (κ3) is 5.13. The van der Waals surface area contributed by atoms with E-state index < -0.39 is 23.8 Å². The Morgan fingerprint density at radius 3 is 2.27 bits per heavy atom. The molecule has 0 bridgehead atoms. The monoisotopic (exact) mass is 367 g/mol. The van der Waals surface area contributed by atoms with Gasteiger partial charge in [-0.2, -0.15) is 18.3 Å². The first kappa shape index (κ1) is 19.1. The van der Waals surface area contributed by atoms with Crippen LogP contribution >= 0.6 is 0 Å². The summed E-state index contributed by atoms with van der Waals surface area (Å²) in [6.45, 7) is 1.52. The molecule has 0 aliphatic carbocycles. The molecule has 0 aromatic heterocycles. The number of alkyl halides is 3. The molecule has 2 N–H and O–H groups in total. The molecule has 9 heteroatoms. The van der Waals surface area contributed by atoms with Crippen molar-refractivity contribution in [3.05, 3.63) is 65.5 Å². The van der Waals surface area contributed by atoms with Crippen molar-refractivity contribution in [1.29, 1.82) is 0 Å². The van der Waals surface area contributed by atoms with Gasteiger partial charge in [0.15, 0.2) is 0 Å². The number of carbonyl (C=O) groups is 2. The highest BCUT2D eigenvalue weighted by Crippen LogP contribution is 2.19. The molecule has 0 aliphatic heterocycles. The lowest BCUT2D eigenvalue weighted by Crippen LogP contribution is -2.29. The highest BCUT2D eigenvalue weighted by atomic mass is 19.4. The van der Waals surface area contributed by atoms with Gasteiger partial charge in [-0.3, -0.25) is 9.59 Å². The van der Waals surface area contributed by atoms with Crippen LogP contribution in [0.15, 0.2) is 53.6 Å². The summed E-state index contributed by atoms with van der Waals surface area (Å²) in [5.74, 6) is -3.15. The number of nitrogens with zero attached hydrogens (tertiary/aromatic N) is 1. The highest BCUT2D eigenvalue weighted by molar-refractivity contribution is 6.02. The lowest BCUT2D eigenvalue weighted by atomic mass is 10.1. The lowest BCUT2D eigenvalue weighted by molar-refractivity contribution is -0.167. The van der Waals surface area contributed by atoms with E-state index in [4.69, 9.17) is 0 Å². The lowest BCUT2D eigenvalue weighted by Gasteiger charge is -2.09. The second-order valence-corrected chi connectivity index (χ2v) is 5.18. The number of amides is 2. The third-order valence-corrected chi connectivity index (χ3v) is 3.23. The predicted octanol–water partition coefficient (Wildman–Crippen LogP) is 3.48. The molecule has 2 aromatic rings. The molecule has 2 rings (SSSR count). The van der Waals surface area contributed by atoms with Gasteiger partial charge < -0.3 is 5.32 Å². The summed E-state index contributed by atoms with van der Waals surface area (Å²) in [5, 5.41) is 5.58. The quantitative estimate of drug-likeness (QED) is 0.493. The predicted molar refractivity (Wildman–Crippen MR) is 87.2 cm³/mol. The number of nitrogens with one attached hydrogen (secondary N) is 2. The molecular weight excluding hydrogens is 354 g/mol. The van der Waals surface area contributed by atoms with E-state index in [1.165, 1.54) is 37.3 Å². The summed E-state index contributed by atoms with van der Waals surface area (Å²) >= 11 is 0. The number of carbonyl (C=O) groups excluding carboxylic acids is 2. The van der Waals surface area contributed by atoms with Crippen molar-refractivity contribution in [2.45, 2.75) is 13.1 Å². The van der Waals surface area contributed by atoms with Crippen LogP contribution in [0.2, 0.25) is 0 Å². The maximum atomic E-state index is 12.8. The smallest absolute Gasteiger partial charge is 0.318 e. The molecule has 26 heavy (non-hydrogen) atoms. The number of hydrazone groups is 1. The Hall–Kier alpha value is -3.23. The highest BCUT2D eigenvalue weighted by Gasteiger charge is 2.38. The van der Waals surface area contributed by atoms with Gasteiger partial charge >= 0.3 is 12.1 Å².